The summed E-state index contributed by atoms with van der Waals surface area (Å²) in [6.07, 6.45) is 1.66. The Labute approximate surface area is 101 Å². The molecule has 1 heterocycles. The number of imidazole rings is 1. The highest BCUT2D eigenvalue weighted by Crippen LogP contribution is 2.14. The lowest BCUT2D eigenvalue weighted by Crippen LogP contribution is -2.08. The largest absolute Gasteiger partial charge is 0.486 e. The van der Waals surface area contributed by atoms with Gasteiger partial charge in [0.05, 0.1) is 6.20 Å². The lowest BCUT2D eigenvalue weighted by Gasteiger charge is -2.08. The van der Waals surface area contributed by atoms with E-state index in [1.807, 2.05) is 42.7 Å². The maximum atomic E-state index is 5.79. The summed E-state index contributed by atoms with van der Waals surface area (Å²) in [6, 6.07) is 7.96. The summed E-state index contributed by atoms with van der Waals surface area (Å²) in [7, 11) is 0. The van der Waals surface area contributed by atoms with Crippen molar-refractivity contribution in [2.75, 3.05) is 5.73 Å². The molecule has 0 radical (unpaired) electrons. The molecule has 17 heavy (non-hydrogen) atoms. The third-order valence-electron chi connectivity index (χ3n) is 2.67. The van der Waals surface area contributed by atoms with Crippen LogP contribution in [0.5, 0.6) is 5.75 Å². The third kappa shape index (κ3) is 2.58. The summed E-state index contributed by atoms with van der Waals surface area (Å²) >= 11 is 0. The highest BCUT2D eigenvalue weighted by molar-refractivity contribution is 5.29. The van der Waals surface area contributed by atoms with Gasteiger partial charge in [-0.25, -0.2) is 4.98 Å². The minimum absolute atomic E-state index is 0.439. The minimum atomic E-state index is 0.439. The molecule has 0 bridgehead atoms. The molecule has 2 rings (SSSR count). The van der Waals surface area contributed by atoms with E-state index in [1.54, 1.807) is 6.20 Å². The first-order valence-electron chi connectivity index (χ1n) is 5.70. The molecule has 90 valence electrons. The van der Waals surface area contributed by atoms with Crippen LogP contribution in [0.2, 0.25) is 0 Å². The Balaban J connectivity index is 2.04. The smallest absolute Gasteiger partial charge is 0.148 e. The van der Waals surface area contributed by atoms with Crippen LogP contribution in [0.1, 0.15) is 18.3 Å². The summed E-state index contributed by atoms with van der Waals surface area (Å²) in [6.45, 7) is 5.33. The lowest BCUT2D eigenvalue weighted by atomic mass is 10.2. The molecular formula is C13H17N3O. The third-order valence-corrected chi connectivity index (χ3v) is 2.67. The standard InChI is InChI=1S/C13H17N3O/c1-3-16-12(14)8-15-13(16)9-17-11-6-4-10(2)5-7-11/h4-8H,3,9,14H2,1-2H3. The van der Waals surface area contributed by atoms with Crippen molar-refractivity contribution < 1.29 is 4.74 Å². The van der Waals surface area contributed by atoms with Crippen LogP contribution in [0.3, 0.4) is 0 Å². The van der Waals surface area contributed by atoms with Crippen molar-refractivity contribution in [3.63, 3.8) is 0 Å². The molecule has 0 atom stereocenters. The van der Waals surface area contributed by atoms with Crippen LogP contribution < -0.4 is 10.5 Å². The fraction of sp³-hybridized carbons (Fsp3) is 0.308. The van der Waals surface area contributed by atoms with Gasteiger partial charge in [-0.15, -0.1) is 0 Å². The number of ether oxygens (including phenoxy) is 1. The van der Waals surface area contributed by atoms with E-state index in [-0.39, 0.29) is 0 Å². The molecule has 2 aromatic rings. The number of rotatable bonds is 4. The van der Waals surface area contributed by atoms with Crippen LogP contribution in [0.4, 0.5) is 5.82 Å². The van der Waals surface area contributed by atoms with Crippen molar-refractivity contribution in [3.05, 3.63) is 41.9 Å². The fourth-order valence-electron chi connectivity index (χ4n) is 1.69. The Morgan fingerprint density at radius 3 is 2.65 bits per heavy atom. The van der Waals surface area contributed by atoms with Crippen LogP contribution >= 0.6 is 0 Å². The molecule has 0 aliphatic heterocycles. The molecule has 1 aromatic carbocycles. The summed E-state index contributed by atoms with van der Waals surface area (Å²) < 4.78 is 7.60. The second-order valence-electron chi connectivity index (χ2n) is 3.95. The van der Waals surface area contributed by atoms with Crippen LogP contribution in [0, 0.1) is 6.92 Å². The van der Waals surface area contributed by atoms with Crippen molar-refractivity contribution in [2.24, 2.45) is 0 Å². The number of hydrogen-bond donors (Lipinski definition) is 1. The molecule has 0 aliphatic rings. The maximum Gasteiger partial charge on any atom is 0.148 e. The average Bonchev–Trinajstić information content (AvgIpc) is 2.69. The highest BCUT2D eigenvalue weighted by Gasteiger charge is 2.06. The molecular weight excluding hydrogens is 214 g/mol. The van der Waals surface area contributed by atoms with Crippen LogP contribution in [0.25, 0.3) is 0 Å². The quantitative estimate of drug-likeness (QED) is 0.878. The first-order valence-corrected chi connectivity index (χ1v) is 5.70. The van der Waals surface area contributed by atoms with Crippen molar-refractivity contribution in [1.82, 2.24) is 9.55 Å². The molecule has 0 aliphatic carbocycles. The van der Waals surface area contributed by atoms with E-state index >= 15 is 0 Å². The predicted octanol–water partition coefficient (Wildman–Crippen LogP) is 2.37. The van der Waals surface area contributed by atoms with E-state index in [1.165, 1.54) is 5.56 Å². The Morgan fingerprint density at radius 1 is 1.29 bits per heavy atom. The van der Waals surface area contributed by atoms with Crippen molar-refractivity contribution >= 4 is 5.82 Å². The summed E-state index contributed by atoms with van der Waals surface area (Å²) in [5.74, 6) is 2.38. The number of nitrogens with zero attached hydrogens (tertiary/aromatic N) is 2. The topological polar surface area (TPSA) is 53.1 Å². The molecule has 0 saturated carbocycles. The number of anilines is 1. The van der Waals surface area contributed by atoms with Crippen molar-refractivity contribution in [3.8, 4) is 5.75 Å². The first kappa shape index (κ1) is 11.5. The lowest BCUT2D eigenvalue weighted by molar-refractivity contribution is 0.290. The van der Waals surface area contributed by atoms with E-state index in [0.717, 1.165) is 18.1 Å². The van der Waals surface area contributed by atoms with E-state index < -0.39 is 0 Å². The molecule has 1 aromatic heterocycles. The van der Waals surface area contributed by atoms with E-state index in [4.69, 9.17) is 10.5 Å². The summed E-state index contributed by atoms with van der Waals surface area (Å²) in [5.41, 5.74) is 7.00. The number of hydrogen-bond acceptors (Lipinski definition) is 3. The zero-order chi connectivity index (χ0) is 12.3. The number of nitrogen functional groups attached to an aromatic ring is 1. The number of nitrogens with two attached hydrogens (primary N) is 1. The van der Waals surface area contributed by atoms with Gasteiger partial charge in [0.1, 0.15) is 24.0 Å². The highest BCUT2D eigenvalue weighted by atomic mass is 16.5. The first-order chi connectivity index (χ1) is 8.20. The Morgan fingerprint density at radius 2 is 2.00 bits per heavy atom. The van der Waals surface area contributed by atoms with Gasteiger partial charge in [0.2, 0.25) is 0 Å². The molecule has 4 heteroatoms. The van der Waals surface area contributed by atoms with Gasteiger partial charge in [-0.05, 0) is 26.0 Å². The zero-order valence-corrected chi connectivity index (χ0v) is 10.2. The van der Waals surface area contributed by atoms with E-state index in [0.29, 0.717) is 12.4 Å². The van der Waals surface area contributed by atoms with Crippen molar-refractivity contribution in [2.45, 2.75) is 27.0 Å². The van der Waals surface area contributed by atoms with Crippen LogP contribution in [-0.4, -0.2) is 9.55 Å². The van der Waals surface area contributed by atoms with Crippen LogP contribution in [-0.2, 0) is 13.2 Å². The average molecular weight is 231 g/mol. The van der Waals surface area contributed by atoms with Gasteiger partial charge < -0.3 is 15.0 Å². The fourth-order valence-corrected chi connectivity index (χ4v) is 1.69. The van der Waals surface area contributed by atoms with Gasteiger partial charge in [0, 0.05) is 6.54 Å². The molecule has 4 nitrogen and oxygen atoms in total. The normalized spacial score (nSPS) is 10.5. The zero-order valence-electron chi connectivity index (χ0n) is 10.2. The predicted molar refractivity (Wildman–Crippen MR) is 67.8 cm³/mol. The molecule has 0 unspecified atom stereocenters. The monoisotopic (exact) mass is 231 g/mol. The van der Waals surface area contributed by atoms with E-state index in [9.17, 15) is 0 Å². The van der Waals surface area contributed by atoms with Gasteiger partial charge >= 0.3 is 0 Å². The molecule has 2 N–H and O–H groups in total. The minimum Gasteiger partial charge on any atom is -0.486 e. The molecule has 0 fully saturated rings. The Kier molecular flexibility index (Phi) is 3.32. The van der Waals surface area contributed by atoms with Gasteiger partial charge in [-0.1, -0.05) is 17.7 Å². The number of benzene rings is 1. The van der Waals surface area contributed by atoms with E-state index in [2.05, 4.69) is 4.98 Å². The van der Waals surface area contributed by atoms with Crippen LogP contribution in [0.15, 0.2) is 30.5 Å². The van der Waals surface area contributed by atoms with Gasteiger partial charge in [0.25, 0.3) is 0 Å². The Bertz CT molecular complexity index is 488. The molecule has 0 amide bonds. The maximum absolute atomic E-state index is 5.79. The second-order valence-corrected chi connectivity index (χ2v) is 3.95. The molecule has 0 spiro atoms. The summed E-state index contributed by atoms with van der Waals surface area (Å²) in [4.78, 5) is 4.23. The number of aromatic nitrogens is 2. The SMILES string of the molecule is CCn1c(N)cnc1COc1ccc(C)cc1. The molecule has 0 saturated heterocycles. The van der Waals surface area contributed by atoms with Crippen molar-refractivity contribution in [1.29, 1.82) is 0 Å². The number of aryl methyl sites for hydroxylation is 1. The summed E-state index contributed by atoms with van der Waals surface area (Å²) in [5, 5.41) is 0. The van der Waals surface area contributed by atoms with Gasteiger partial charge in [-0.2, -0.15) is 0 Å². The Hall–Kier alpha value is -1.97. The van der Waals surface area contributed by atoms with Gasteiger partial charge in [0.15, 0.2) is 0 Å². The van der Waals surface area contributed by atoms with Gasteiger partial charge in [-0.3, -0.25) is 0 Å². The second kappa shape index (κ2) is 4.91.